The van der Waals surface area contributed by atoms with E-state index in [2.05, 4.69) is 43.7 Å². The van der Waals surface area contributed by atoms with Crippen molar-refractivity contribution >= 4 is 82.8 Å². The van der Waals surface area contributed by atoms with Gasteiger partial charge in [-0.15, -0.1) is 34.3 Å². The Hall–Kier alpha value is -4.15. The van der Waals surface area contributed by atoms with Crippen LogP contribution < -0.4 is 15.5 Å². The molecule has 2 amide bonds. The third-order valence-electron chi connectivity index (χ3n) is 7.73. The second-order valence-corrected chi connectivity index (χ2v) is 17.7. The molecule has 0 saturated heterocycles. The number of hydrogen-bond acceptors (Lipinski definition) is 11. The fourth-order valence-corrected chi connectivity index (χ4v) is 9.93. The highest BCUT2D eigenvalue weighted by Crippen LogP contribution is 2.27. The highest BCUT2D eigenvalue weighted by atomic mass is 35.5. The number of hydrogen-bond donors (Lipinski definition) is 2. The van der Waals surface area contributed by atoms with Crippen LogP contribution in [-0.2, 0) is 47.2 Å². The van der Waals surface area contributed by atoms with Gasteiger partial charge in [-0.3, -0.25) is 9.59 Å². The summed E-state index contributed by atoms with van der Waals surface area (Å²) >= 11 is 8.09. The summed E-state index contributed by atoms with van der Waals surface area (Å²) in [6.45, 7) is 1.61. The van der Waals surface area contributed by atoms with Gasteiger partial charge in [-0.1, -0.05) is 18.2 Å². The molecule has 0 saturated carbocycles. The molecule has 5 aromatic rings. The average Bonchev–Trinajstić information content (AvgIpc) is 3.82. The van der Waals surface area contributed by atoms with Crippen molar-refractivity contribution in [1.29, 1.82) is 0 Å². The van der Waals surface area contributed by atoms with Gasteiger partial charge in [0.1, 0.15) is 21.5 Å². The van der Waals surface area contributed by atoms with Crippen molar-refractivity contribution in [3.05, 3.63) is 112 Å². The number of alkyl halides is 1. The molecule has 0 bridgehead atoms. The molecular weight excluding hydrogens is 750 g/mol. The van der Waals surface area contributed by atoms with Gasteiger partial charge in [-0.25, -0.2) is 26.8 Å². The van der Waals surface area contributed by atoms with Gasteiger partial charge in [-0.2, -0.15) is 0 Å². The summed E-state index contributed by atoms with van der Waals surface area (Å²) in [4.78, 5) is 34.5. The van der Waals surface area contributed by atoms with Crippen molar-refractivity contribution in [2.45, 2.75) is 47.0 Å². The molecule has 0 atom stereocenters. The van der Waals surface area contributed by atoms with Crippen molar-refractivity contribution in [1.82, 2.24) is 9.97 Å². The van der Waals surface area contributed by atoms with E-state index >= 15 is 0 Å². The van der Waals surface area contributed by atoms with Crippen molar-refractivity contribution in [3.63, 3.8) is 0 Å². The van der Waals surface area contributed by atoms with Crippen molar-refractivity contribution in [3.8, 4) is 0 Å². The Labute approximate surface area is 310 Å². The van der Waals surface area contributed by atoms with Crippen LogP contribution >= 0.6 is 34.3 Å². The van der Waals surface area contributed by atoms with Crippen LogP contribution in [0.1, 0.15) is 34.8 Å². The molecule has 3 heterocycles. The standard InChI is InChI=1S/C22H23N3O3S2.C13H13ClN2O3S2/c26-21(11-14-25-13-3-5-17-4-1-2-6-20(17)25)24-18-7-9-19(10-8-18)30(27,28)16-22-23-12-15-29-22;14-6-5-12(17)16-10-1-3-11(4-2-10)21(18,19)9-13-15-7-8-20-13/h1-2,4,6-10,12,15H,3,5,11,13-14,16H2,(H,24,26);1-4,7-8H,5-6,9H2,(H,16,17). The summed E-state index contributed by atoms with van der Waals surface area (Å²) in [5, 5.41) is 10.1. The van der Waals surface area contributed by atoms with Gasteiger partial charge >= 0.3 is 0 Å². The van der Waals surface area contributed by atoms with Crippen LogP contribution in [0, 0.1) is 0 Å². The quantitative estimate of drug-likeness (QED) is 0.126. The number of rotatable bonds is 13. The van der Waals surface area contributed by atoms with Gasteiger partial charge < -0.3 is 15.5 Å². The molecule has 16 heteroatoms. The highest BCUT2D eigenvalue weighted by Gasteiger charge is 2.19. The SMILES string of the molecule is O=C(CCCl)Nc1ccc(S(=O)(=O)Cc2nccs2)cc1.O=C(CCN1CCCc2ccccc21)Nc1ccc(S(=O)(=O)Cc2nccs2)cc1. The van der Waals surface area contributed by atoms with Crippen molar-refractivity contribution in [2.75, 3.05) is 34.5 Å². The molecule has 1 aliphatic rings. The monoisotopic (exact) mass is 785 g/mol. The number of aromatic nitrogens is 2. The Morgan fingerprint density at radius 2 is 1.24 bits per heavy atom. The lowest BCUT2D eigenvalue weighted by molar-refractivity contribution is -0.116. The highest BCUT2D eigenvalue weighted by molar-refractivity contribution is 7.91. The van der Waals surface area contributed by atoms with E-state index in [0.29, 0.717) is 34.4 Å². The Balaban J connectivity index is 0.000000211. The molecule has 51 heavy (non-hydrogen) atoms. The average molecular weight is 786 g/mol. The van der Waals surface area contributed by atoms with E-state index in [4.69, 9.17) is 11.6 Å². The van der Waals surface area contributed by atoms with Crippen molar-refractivity contribution in [2.24, 2.45) is 0 Å². The van der Waals surface area contributed by atoms with Crippen LogP contribution in [0.5, 0.6) is 0 Å². The first-order valence-corrected chi connectivity index (χ1v) is 21.5. The summed E-state index contributed by atoms with van der Waals surface area (Å²) in [5.41, 5.74) is 3.68. The maximum Gasteiger partial charge on any atom is 0.226 e. The number of anilines is 3. The summed E-state index contributed by atoms with van der Waals surface area (Å²) in [5.74, 6) is -0.289. The van der Waals surface area contributed by atoms with Crippen LogP contribution in [0.3, 0.4) is 0 Å². The fraction of sp³-hybridized carbons (Fsp3) is 0.257. The Kier molecular flexibility index (Phi) is 13.3. The predicted molar refractivity (Wildman–Crippen MR) is 203 cm³/mol. The molecule has 0 fully saturated rings. The maximum absolute atomic E-state index is 12.5. The molecule has 0 aliphatic carbocycles. The summed E-state index contributed by atoms with van der Waals surface area (Å²) in [7, 11) is -6.88. The van der Waals surface area contributed by atoms with E-state index in [0.717, 1.165) is 19.4 Å². The number of carbonyl (C=O) groups is 2. The lowest BCUT2D eigenvalue weighted by Crippen LogP contribution is -2.32. The summed E-state index contributed by atoms with van der Waals surface area (Å²) in [6, 6.07) is 20.7. The molecule has 1 aliphatic heterocycles. The number of nitrogens with zero attached hydrogens (tertiary/aromatic N) is 3. The molecule has 0 unspecified atom stereocenters. The number of benzene rings is 3. The van der Waals surface area contributed by atoms with Gasteiger partial charge in [0.25, 0.3) is 0 Å². The second kappa shape index (κ2) is 17.9. The minimum atomic E-state index is -3.45. The minimum Gasteiger partial charge on any atom is -0.371 e. The molecule has 0 radical (unpaired) electrons. The molecule has 11 nitrogen and oxygen atoms in total. The fourth-order valence-electron chi connectivity index (χ4n) is 5.24. The zero-order chi connectivity index (χ0) is 36.3. The lowest BCUT2D eigenvalue weighted by atomic mass is 10.0. The molecule has 3 aromatic carbocycles. The number of sulfone groups is 2. The minimum absolute atomic E-state index is 0.0866. The zero-order valence-electron chi connectivity index (χ0n) is 27.4. The largest absolute Gasteiger partial charge is 0.371 e. The molecule has 6 rings (SSSR count). The van der Waals surface area contributed by atoms with E-state index in [1.54, 1.807) is 47.4 Å². The normalized spacial score (nSPS) is 12.7. The van der Waals surface area contributed by atoms with Gasteiger partial charge in [0.15, 0.2) is 19.7 Å². The first-order chi connectivity index (χ1) is 24.5. The smallest absolute Gasteiger partial charge is 0.226 e. The van der Waals surface area contributed by atoms with E-state index in [9.17, 15) is 26.4 Å². The number of carbonyl (C=O) groups excluding carboxylic acids is 2. The number of nitrogens with one attached hydrogen (secondary N) is 2. The third kappa shape index (κ3) is 11.2. The van der Waals surface area contributed by atoms with Gasteiger partial charge in [-0.05, 0) is 73.0 Å². The number of thiazole rings is 2. The first kappa shape index (κ1) is 38.1. The van der Waals surface area contributed by atoms with Crippen LogP contribution in [-0.4, -0.2) is 57.6 Å². The molecule has 2 aromatic heterocycles. The topological polar surface area (TPSA) is 156 Å². The maximum atomic E-state index is 12.5. The number of amides is 2. The van der Waals surface area contributed by atoms with Crippen LogP contribution in [0.15, 0.2) is 106 Å². The molecule has 268 valence electrons. The van der Waals surface area contributed by atoms with Crippen molar-refractivity contribution < 1.29 is 26.4 Å². The second-order valence-electron chi connectivity index (χ2n) is 11.4. The zero-order valence-corrected chi connectivity index (χ0v) is 31.4. The summed E-state index contributed by atoms with van der Waals surface area (Å²) < 4.78 is 49.4. The number of para-hydroxylation sites is 1. The van der Waals surface area contributed by atoms with E-state index in [-0.39, 0.29) is 45.4 Å². The van der Waals surface area contributed by atoms with E-state index in [1.807, 2.05) is 6.07 Å². The lowest BCUT2D eigenvalue weighted by Gasteiger charge is -2.31. The van der Waals surface area contributed by atoms with Crippen LogP contribution in [0.25, 0.3) is 0 Å². The number of aryl methyl sites for hydroxylation is 1. The number of fused-ring (bicyclic) bond motifs is 1. The predicted octanol–water partition coefficient (Wildman–Crippen LogP) is 6.58. The Morgan fingerprint density at radius 3 is 1.73 bits per heavy atom. The Morgan fingerprint density at radius 1 is 0.725 bits per heavy atom. The first-order valence-electron chi connectivity index (χ1n) is 15.9. The molecule has 0 spiro atoms. The third-order valence-corrected chi connectivity index (χ3v) is 13.1. The summed E-state index contributed by atoms with van der Waals surface area (Å²) in [6.07, 6.45) is 5.93. The molecule has 2 N–H and O–H groups in total. The number of halogens is 1. The van der Waals surface area contributed by atoms with Gasteiger partial charge in [0, 0.05) is 72.0 Å². The van der Waals surface area contributed by atoms with Gasteiger partial charge in [0.2, 0.25) is 11.8 Å². The Bertz CT molecular complexity index is 2110. The van der Waals surface area contributed by atoms with Gasteiger partial charge in [0.05, 0.1) is 9.79 Å². The van der Waals surface area contributed by atoms with Crippen LogP contribution in [0.4, 0.5) is 17.1 Å². The van der Waals surface area contributed by atoms with Crippen LogP contribution in [0.2, 0.25) is 0 Å². The van der Waals surface area contributed by atoms with E-state index < -0.39 is 19.7 Å². The molecular formula is C35H36ClN5O6S4. The van der Waals surface area contributed by atoms with E-state index in [1.165, 1.54) is 58.2 Å².